The molecule has 0 aromatic heterocycles. The molecule has 0 radical (unpaired) electrons. The number of anilines is 2. The Kier molecular flexibility index (Phi) is 7.20. The Bertz CT molecular complexity index is 1400. The molecule has 0 atom stereocenters. The molecule has 1 amide bonds. The van der Waals surface area contributed by atoms with E-state index in [1.165, 1.54) is 61.5 Å². The third-order valence-corrected chi connectivity index (χ3v) is 6.44. The average Bonchev–Trinajstić information content (AvgIpc) is 2.87. The van der Waals surface area contributed by atoms with Crippen molar-refractivity contribution in [2.75, 3.05) is 29.9 Å². The molecule has 11 heteroatoms. The highest BCUT2D eigenvalue weighted by atomic mass is 32.2. The van der Waals surface area contributed by atoms with E-state index in [4.69, 9.17) is 14.2 Å². The maximum Gasteiger partial charge on any atom is 0.338 e. The van der Waals surface area contributed by atoms with Gasteiger partial charge in [0.25, 0.3) is 10.0 Å². The van der Waals surface area contributed by atoms with Gasteiger partial charge in [-0.2, -0.15) is 0 Å². The van der Waals surface area contributed by atoms with Crippen molar-refractivity contribution >= 4 is 39.1 Å². The number of fused-ring (bicyclic) bond motifs is 1. The fourth-order valence-corrected chi connectivity index (χ4v) is 4.39. The molecule has 0 spiro atoms. The van der Waals surface area contributed by atoms with Crippen LogP contribution in [0.4, 0.5) is 11.4 Å². The molecule has 0 bridgehead atoms. The molecule has 0 unspecified atom stereocenters. The number of rotatable bonds is 8. The van der Waals surface area contributed by atoms with E-state index >= 15 is 0 Å². The van der Waals surface area contributed by atoms with Crippen LogP contribution in [0.5, 0.6) is 11.5 Å². The lowest BCUT2D eigenvalue weighted by Gasteiger charge is -2.19. The maximum absolute atomic E-state index is 12.7. The Hall–Kier alpha value is -4.38. The number of nitrogens with one attached hydrogen (secondary N) is 2. The molecule has 10 nitrogen and oxygen atoms in total. The van der Waals surface area contributed by atoms with Crippen LogP contribution in [0.25, 0.3) is 0 Å². The van der Waals surface area contributed by atoms with Crippen molar-refractivity contribution in [3.05, 3.63) is 77.9 Å². The van der Waals surface area contributed by atoms with Crippen LogP contribution in [0, 0.1) is 0 Å². The Morgan fingerprint density at radius 1 is 0.833 bits per heavy atom. The molecule has 1 heterocycles. The van der Waals surface area contributed by atoms with Gasteiger partial charge in [-0.15, -0.1) is 0 Å². The van der Waals surface area contributed by atoms with E-state index in [-0.39, 0.29) is 22.1 Å². The second-order valence-corrected chi connectivity index (χ2v) is 9.43. The lowest BCUT2D eigenvalue weighted by atomic mass is 10.1. The Morgan fingerprint density at radius 2 is 1.44 bits per heavy atom. The number of sulfonamides is 1. The number of hydrogen-bond donors (Lipinski definition) is 2. The number of amides is 1. The van der Waals surface area contributed by atoms with Crippen LogP contribution in [-0.4, -0.2) is 45.9 Å². The van der Waals surface area contributed by atoms with E-state index in [1.807, 2.05) is 0 Å². The molecule has 3 aromatic rings. The van der Waals surface area contributed by atoms with Crippen molar-refractivity contribution in [1.82, 2.24) is 0 Å². The Labute approximate surface area is 207 Å². The first-order valence-electron chi connectivity index (χ1n) is 10.8. The van der Waals surface area contributed by atoms with Crippen molar-refractivity contribution in [2.45, 2.75) is 11.8 Å². The monoisotopic (exact) mass is 510 g/mol. The molecule has 36 heavy (non-hydrogen) atoms. The van der Waals surface area contributed by atoms with Crippen molar-refractivity contribution < 1.29 is 37.0 Å². The average molecular weight is 511 g/mol. The summed E-state index contributed by atoms with van der Waals surface area (Å²) >= 11 is 0. The minimum atomic E-state index is -3.91. The van der Waals surface area contributed by atoms with Gasteiger partial charge in [-0.1, -0.05) is 0 Å². The minimum absolute atomic E-state index is 0.00106. The number of carbonyl (C=O) groups excluding carboxylic acids is 3. The molecule has 1 aliphatic heterocycles. The highest BCUT2D eigenvalue weighted by Gasteiger charge is 2.20. The number of ether oxygens (including phenoxy) is 3. The first kappa shape index (κ1) is 24.7. The van der Waals surface area contributed by atoms with Crippen LogP contribution in [0.2, 0.25) is 0 Å². The van der Waals surface area contributed by atoms with Gasteiger partial charge in [0.2, 0.25) is 5.91 Å². The fraction of sp³-hybridized carbons (Fsp3) is 0.160. The molecule has 0 saturated carbocycles. The number of carbonyl (C=O) groups is 3. The summed E-state index contributed by atoms with van der Waals surface area (Å²) in [5.41, 5.74) is 1.24. The van der Waals surface area contributed by atoms with E-state index in [1.54, 1.807) is 12.1 Å². The minimum Gasteiger partial charge on any atom is -0.486 e. The van der Waals surface area contributed by atoms with Gasteiger partial charge in [-0.05, 0) is 60.7 Å². The van der Waals surface area contributed by atoms with Gasteiger partial charge in [-0.25, -0.2) is 13.2 Å². The molecule has 0 saturated heterocycles. The molecule has 1 aliphatic rings. The summed E-state index contributed by atoms with van der Waals surface area (Å²) in [5, 5.41) is 2.59. The topological polar surface area (TPSA) is 137 Å². The SMILES string of the molecule is CC(=O)Nc1ccc(C(=O)COC(=O)c2ccc(NS(=O)(=O)c3ccc4c(c3)OCCO4)cc2)cc1. The smallest absolute Gasteiger partial charge is 0.338 e. The van der Waals surface area contributed by atoms with Crippen LogP contribution in [0.3, 0.4) is 0 Å². The van der Waals surface area contributed by atoms with Crippen molar-refractivity contribution in [1.29, 1.82) is 0 Å². The van der Waals surface area contributed by atoms with E-state index < -0.39 is 28.4 Å². The van der Waals surface area contributed by atoms with E-state index in [2.05, 4.69) is 10.0 Å². The molecular formula is C25H22N2O8S. The third-order valence-electron chi connectivity index (χ3n) is 5.06. The second-order valence-electron chi connectivity index (χ2n) is 7.75. The number of benzene rings is 3. The molecule has 186 valence electrons. The maximum atomic E-state index is 12.7. The first-order valence-corrected chi connectivity index (χ1v) is 12.3. The number of esters is 1. The standard InChI is InChI=1S/C25H22N2O8S/c1-16(28)26-19-6-2-17(3-7-19)22(29)15-35-25(30)18-4-8-20(9-5-18)27-36(31,32)21-10-11-23-24(14-21)34-13-12-33-23/h2-11,14,27H,12-13,15H2,1H3,(H,26,28). The van der Waals surface area contributed by atoms with Gasteiger partial charge in [0.15, 0.2) is 23.9 Å². The Balaban J connectivity index is 1.34. The van der Waals surface area contributed by atoms with E-state index in [9.17, 15) is 22.8 Å². The predicted molar refractivity (Wildman–Crippen MR) is 130 cm³/mol. The quantitative estimate of drug-likeness (QED) is 0.348. The summed E-state index contributed by atoms with van der Waals surface area (Å²) in [6.07, 6.45) is 0. The lowest BCUT2D eigenvalue weighted by Crippen LogP contribution is -2.17. The highest BCUT2D eigenvalue weighted by Crippen LogP contribution is 2.32. The zero-order valence-electron chi connectivity index (χ0n) is 19.1. The number of Topliss-reactive ketones (excluding diaryl/α,β-unsaturated/α-hetero) is 1. The summed E-state index contributed by atoms with van der Waals surface area (Å²) in [4.78, 5) is 35.7. The van der Waals surface area contributed by atoms with Crippen molar-refractivity contribution in [3.8, 4) is 11.5 Å². The molecule has 0 aliphatic carbocycles. The molecule has 4 rings (SSSR count). The highest BCUT2D eigenvalue weighted by molar-refractivity contribution is 7.92. The van der Waals surface area contributed by atoms with Crippen LogP contribution in [-0.2, 0) is 19.6 Å². The van der Waals surface area contributed by atoms with E-state index in [0.717, 1.165) is 0 Å². The van der Waals surface area contributed by atoms with Crippen molar-refractivity contribution in [2.24, 2.45) is 0 Å². The van der Waals surface area contributed by atoms with Crippen LogP contribution in [0.1, 0.15) is 27.6 Å². The van der Waals surface area contributed by atoms with Gasteiger partial charge in [-0.3, -0.25) is 14.3 Å². The number of ketones is 1. The second kappa shape index (κ2) is 10.5. The molecule has 0 fully saturated rings. The van der Waals surface area contributed by atoms with Gasteiger partial charge < -0.3 is 19.5 Å². The zero-order valence-corrected chi connectivity index (χ0v) is 20.0. The van der Waals surface area contributed by atoms with Gasteiger partial charge in [0.05, 0.1) is 10.5 Å². The van der Waals surface area contributed by atoms with Crippen molar-refractivity contribution in [3.63, 3.8) is 0 Å². The first-order chi connectivity index (χ1) is 17.2. The number of hydrogen-bond acceptors (Lipinski definition) is 8. The van der Waals surface area contributed by atoms with Gasteiger partial charge >= 0.3 is 5.97 Å². The van der Waals surface area contributed by atoms with Crippen LogP contribution < -0.4 is 19.5 Å². The van der Waals surface area contributed by atoms with Crippen LogP contribution in [0.15, 0.2) is 71.6 Å². The summed E-state index contributed by atoms with van der Waals surface area (Å²) in [5.74, 6) is -0.560. The summed E-state index contributed by atoms with van der Waals surface area (Å²) < 4.78 is 43.8. The van der Waals surface area contributed by atoms with Gasteiger partial charge in [0, 0.05) is 29.9 Å². The third kappa shape index (κ3) is 5.99. The van der Waals surface area contributed by atoms with Gasteiger partial charge in [0.1, 0.15) is 13.2 Å². The Morgan fingerprint density at radius 3 is 2.11 bits per heavy atom. The largest absolute Gasteiger partial charge is 0.486 e. The predicted octanol–water partition coefficient (Wildman–Crippen LogP) is 3.26. The summed E-state index contributed by atoms with van der Waals surface area (Å²) in [7, 11) is -3.91. The molecule has 2 N–H and O–H groups in total. The molecular weight excluding hydrogens is 488 g/mol. The lowest BCUT2D eigenvalue weighted by molar-refractivity contribution is -0.114. The summed E-state index contributed by atoms with van der Waals surface area (Å²) in [6.45, 7) is 1.63. The molecule has 3 aromatic carbocycles. The normalized spacial score (nSPS) is 12.4. The summed E-state index contributed by atoms with van der Waals surface area (Å²) in [6, 6.07) is 16.1. The van der Waals surface area contributed by atoms with E-state index in [0.29, 0.717) is 36.0 Å². The fourth-order valence-electron chi connectivity index (χ4n) is 3.32. The van der Waals surface area contributed by atoms with Crippen LogP contribution >= 0.6 is 0 Å². The zero-order chi connectivity index (χ0) is 25.7.